The van der Waals surface area contributed by atoms with Gasteiger partial charge in [-0.25, -0.2) is 4.98 Å². The highest BCUT2D eigenvalue weighted by Gasteiger charge is 2.17. The van der Waals surface area contributed by atoms with Crippen LogP contribution in [0.1, 0.15) is 19.8 Å². The van der Waals surface area contributed by atoms with Crippen molar-refractivity contribution >= 4 is 5.95 Å². The van der Waals surface area contributed by atoms with E-state index >= 15 is 0 Å². The molecule has 1 aromatic heterocycles. The Hall–Kier alpha value is -1.03. The number of aryl methyl sites for hydroxylation is 1. The second-order valence-corrected chi connectivity index (χ2v) is 4.28. The molecule has 1 N–H and O–H groups in total. The first kappa shape index (κ1) is 10.5. The molecular formula is C11H20N4. The van der Waals surface area contributed by atoms with E-state index in [1.165, 1.54) is 19.4 Å². The fourth-order valence-electron chi connectivity index (χ4n) is 2.17. The van der Waals surface area contributed by atoms with Crippen molar-refractivity contribution in [1.82, 2.24) is 14.5 Å². The summed E-state index contributed by atoms with van der Waals surface area (Å²) in [5.74, 6) is 1.01. The number of hydrogen-bond acceptors (Lipinski definition) is 3. The maximum Gasteiger partial charge on any atom is 0.203 e. The molecule has 0 spiro atoms. The Kier molecular flexibility index (Phi) is 3.26. The minimum absolute atomic E-state index is 0.552. The van der Waals surface area contributed by atoms with Crippen LogP contribution in [0, 0.1) is 0 Å². The third-order valence-corrected chi connectivity index (χ3v) is 3.01. The summed E-state index contributed by atoms with van der Waals surface area (Å²) >= 11 is 0. The predicted molar refractivity (Wildman–Crippen MR) is 62.0 cm³/mol. The molecule has 1 saturated heterocycles. The van der Waals surface area contributed by atoms with Crippen molar-refractivity contribution in [2.45, 2.75) is 32.4 Å². The number of rotatable bonds is 3. The van der Waals surface area contributed by atoms with Gasteiger partial charge in [0.25, 0.3) is 0 Å². The van der Waals surface area contributed by atoms with E-state index in [0.29, 0.717) is 6.04 Å². The molecular weight excluding hydrogens is 188 g/mol. The van der Waals surface area contributed by atoms with Crippen molar-refractivity contribution in [1.29, 1.82) is 0 Å². The summed E-state index contributed by atoms with van der Waals surface area (Å²) in [7, 11) is 2.18. The first-order valence-corrected chi connectivity index (χ1v) is 5.76. The number of anilines is 1. The summed E-state index contributed by atoms with van der Waals surface area (Å²) in [6, 6.07) is 0.552. The number of piperidine rings is 1. The van der Waals surface area contributed by atoms with Gasteiger partial charge in [-0.3, -0.25) is 0 Å². The molecule has 1 aliphatic rings. The lowest BCUT2D eigenvalue weighted by Crippen LogP contribution is -2.40. The molecule has 1 aromatic rings. The van der Waals surface area contributed by atoms with Crippen LogP contribution in [-0.2, 0) is 6.54 Å². The third kappa shape index (κ3) is 2.50. The zero-order valence-electron chi connectivity index (χ0n) is 9.61. The molecule has 1 atom stereocenters. The van der Waals surface area contributed by atoms with Gasteiger partial charge in [-0.15, -0.1) is 0 Å². The number of aromatic nitrogens is 2. The highest BCUT2D eigenvalue weighted by Crippen LogP contribution is 2.13. The number of nitrogens with zero attached hydrogens (tertiary/aromatic N) is 3. The van der Waals surface area contributed by atoms with Gasteiger partial charge < -0.3 is 14.8 Å². The maximum atomic E-state index is 4.34. The topological polar surface area (TPSA) is 33.1 Å². The van der Waals surface area contributed by atoms with E-state index in [0.717, 1.165) is 19.0 Å². The lowest BCUT2D eigenvalue weighted by atomic mass is 10.1. The van der Waals surface area contributed by atoms with Gasteiger partial charge in [0.1, 0.15) is 0 Å². The summed E-state index contributed by atoms with van der Waals surface area (Å²) in [5, 5.41) is 3.52. The van der Waals surface area contributed by atoms with Crippen LogP contribution in [-0.4, -0.2) is 40.6 Å². The molecule has 4 heteroatoms. The Morgan fingerprint density at radius 1 is 1.60 bits per heavy atom. The molecule has 15 heavy (non-hydrogen) atoms. The monoisotopic (exact) mass is 208 g/mol. The smallest absolute Gasteiger partial charge is 0.203 e. The number of nitrogens with one attached hydrogen (secondary N) is 1. The van der Waals surface area contributed by atoms with Crippen LogP contribution in [0.2, 0.25) is 0 Å². The molecule has 2 rings (SSSR count). The summed E-state index contributed by atoms with van der Waals surface area (Å²) in [5.41, 5.74) is 0. The van der Waals surface area contributed by atoms with Crippen molar-refractivity contribution < 1.29 is 0 Å². The summed E-state index contributed by atoms with van der Waals surface area (Å²) in [6.45, 7) is 5.46. The average Bonchev–Trinajstić information content (AvgIpc) is 2.65. The van der Waals surface area contributed by atoms with Gasteiger partial charge in [0.05, 0.1) is 0 Å². The van der Waals surface area contributed by atoms with Gasteiger partial charge in [-0.05, 0) is 33.4 Å². The van der Waals surface area contributed by atoms with Crippen molar-refractivity contribution in [3.8, 4) is 0 Å². The quantitative estimate of drug-likeness (QED) is 0.815. The SMILES string of the molecule is CCn1ccnc1NC1CCCN(C)C1. The zero-order chi connectivity index (χ0) is 10.7. The Bertz CT molecular complexity index is 307. The molecule has 2 heterocycles. The molecule has 0 bridgehead atoms. The van der Waals surface area contributed by atoms with Crippen molar-refractivity contribution in [2.24, 2.45) is 0 Å². The largest absolute Gasteiger partial charge is 0.352 e. The molecule has 1 aliphatic heterocycles. The van der Waals surface area contributed by atoms with Gasteiger partial charge in [0, 0.05) is 31.5 Å². The van der Waals surface area contributed by atoms with Crippen molar-refractivity contribution in [2.75, 3.05) is 25.5 Å². The second-order valence-electron chi connectivity index (χ2n) is 4.28. The van der Waals surface area contributed by atoms with Crippen LogP contribution in [0.5, 0.6) is 0 Å². The van der Waals surface area contributed by atoms with Crippen molar-refractivity contribution in [3.05, 3.63) is 12.4 Å². The molecule has 4 nitrogen and oxygen atoms in total. The highest BCUT2D eigenvalue weighted by atomic mass is 15.2. The second kappa shape index (κ2) is 4.66. The Morgan fingerprint density at radius 3 is 3.20 bits per heavy atom. The normalized spacial score (nSPS) is 22.9. The van der Waals surface area contributed by atoms with E-state index in [9.17, 15) is 0 Å². The van der Waals surface area contributed by atoms with Crippen molar-refractivity contribution in [3.63, 3.8) is 0 Å². The fourth-order valence-corrected chi connectivity index (χ4v) is 2.17. The van der Waals surface area contributed by atoms with E-state index in [-0.39, 0.29) is 0 Å². The van der Waals surface area contributed by atoms with Gasteiger partial charge >= 0.3 is 0 Å². The van der Waals surface area contributed by atoms with E-state index < -0.39 is 0 Å². The van der Waals surface area contributed by atoms with E-state index in [1.54, 1.807) is 0 Å². The third-order valence-electron chi connectivity index (χ3n) is 3.01. The number of likely N-dealkylation sites (tertiary alicyclic amines) is 1. The van der Waals surface area contributed by atoms with Gasteiger partial charge in [-0.1, -0.05) is 0 Å². The molecule has 84 valence electrons. The molecule has 0 aliphatic carbocycles. The molecule has 1 fully saturated rings. The molecule has 0 radical (unpaired) electrons. The molecule has 0 saturated carbocycles. The highest BCUT2D eigenvalue weighted by molar-refractivity contribution is 5.27. The van der Waals surface area contributed by atoms with Crippen LogP contribution in [0.4, 0.5) is 5.95 Å². The Balaban J connectivity index is 1.96. The maximum absolute atomic E-state index is 4.34. The number of hydrogen-bond donors (Lipinski definition) is 1. The lowest BCUT2D eigenvalue weighted by molar-refractivity contribution is 0.260. The Labute approximate surface area is 91.3 Å². The number of imidazole rings is 1. The molecule has 1 unspecified atom stereocenters. The zero-order valence-corrected chi connectivity index (χ0v) is 9.61. The van der Waals surface area contributed by atoms with E-state index in [4.69, 9.17) is 0 Å². The standard InChI is InChI=1S/C11H20N4/c1-3-15-8-6-12-11(15)13-10-5-4-7-14(2)9-10/h6,8,10H,3-5,7,9H2,1-2H3,(H,12,13). The van der Waals surface area contributed by atoms with Crippen LogP contribution in [0.15, 0.2) is 12.4 Å². The summed E-state index contributed by atoms with van der Waals surface area (Å²) in [4.78, 5) is 6.71. The minimum atomic E-state index is 0.552. The summed E-state index contributed by atoms with van der Waals surface area (Å²) < 4.78 is 2.15. The van der Waals surface area contributed by atoms with E-state index in [1.807, 2.05) is 12.4 Å². The first-order chi connectivity index (χ1) is 7.29. The fraction of sp³-hybridized carbons (Fsp3) is 0.727. The van der Waals surface area contributed by atoms with Gasteiger partial charge in [0.15, 0.2) is 0 Å². The van der Waals surface area contributed by atoms with Gasteiger partial charge in [-0.2, -0.15) is 0 Å². The van der Waals surface area contributed by atoms with E-state index in [2.05, 4.69) is 33.7 Å². The first-order valence-electron chi connectivity index (χ1n) is 5.76. The molecule has 0 amide bonds. The minimum Gasteiger partial charge on any atom is -0.352 e. The van der Waals surface area contributed by atoms with Crippen LogP contribution >= 0.6 is 0 Å². The van der Waals surface area contributed by atoms with Crippen LogP contribution < -0.4 is 5.32 Å². The molecule has 0 aromatic carbocycles. The average molecular weight is 208 g/mol. The predicted octanol–water partition coefficient (Wildman–Crippen LogP) is 1.41. The summed E-state index contributed by atoms with van der Waals surface area (Å²) in [6.07, 6.45) is 6.41. The van der Waals surface area contributed by atoms with Gasteiger partial charge in [0.2, 0.25) is 5.95 Å². The Morgan fingerprint density at radius 2 is 2.47 bits per heavy atom. The van der Waals surface area contributed by atoms with Crippen LogP contribution in [0.3, 0.4) is 0 Å². The lowest BCUT2D eigenvalue weighted by Gasteiger charge is -2.30. The van der Waals surface area contributed by atoms with Crippen LogP contribution in [0.25, 0.3) is 0 Å². The number of likely N-dealkylation sites (N-methyl/N-ethyl adjacent to an activating group) is 1.